The SMILES string of the molecule is CC(C)N(CCO)C(=O)Nc1ccc(O)c(C(=O)O)c1. The molecule has 0 aromatic heterocycles. The standard InChI is InChI=1S/C13H18N2O5/c1-8(2)15(5-6-16)13(20)14-9-3-4-11(17)10(7-9)12(18)19/h3-4,7-8,16-17H,5-6H2,1-2H3,(H,14,20)(H,18,19). The van der Waals surface area contributed by atoms with Gasteiger partial charge in [0.15, 0.2) is 0 Å². The van der Waals surface area contributed by atoms with E-state index in [4.69, 9.17) is 10.2 Å². The normalized spacial score (nSPS) is 10.4. The van der Waals surface area contributed by atoms with Crippen LogP contribution in [0, 0.1) is 0 Å². The average Bonchev–Trinajstić information content (AvgIpc) is 2.37. The first kappa shape index (κ1) is 15.8. The first-order chi connectivity index (χ1) is 9.36. The number of amides is 2. The number of aliphatic hydroxyl groups is 1. The van der Waals surface area contributed by atoms with Crippen LogP contribution in [0.2, 0.25) is 0 Å². The third-order valence-electron chi connectivity index (χ3n) is 2.70. The molecule has 0 aliphatic heterocycles. The summed E-state index contributed by atoms with van der Waals surface area (Å²) < 4.78 is 0. The maximum absolute atomic E-state index is 12.0. The highest BCUT2D eigenvalue weighted by atomic mass is 16.4. The molecular weight excluding hydrogens is 264 g/mol. The van der Waals surface area contributed by atoms with Gasteiger partial charge in [0, 0.05) is 18.3 Å². The number of urea groups is 1. The minimum atomic E-state index is -1.28. The van der Waals surface area contributed by atoms with Crippen molar-refractivity contribution in [3.05, 3.63) is 23.8 Å². The van der Waals surface area contributed by atoms with Crippen molar-refractivity contribution < 1.29 is 24.9 Å². The molecule has 1 aromatic carbocycles. The largest absolute Gasteiger partial charge is 0.507 e. The molecule has 2 amide bonds. The number of anilines is 1. The quantitative estimate of drug-likeness (QED) is 0.609. The van der Waals surface area contributed by atoms with Crippen molar-refractivity contribution in [1.29, 1.82) is 0 Å². The van der Waals surface area contributed by atoms with Crippen LogP contribution in [0.4, 0.5) is 10.5 Å². The number of aliphatic hydroxyl groups excluding tert-OH is 1. The lowest BCUT2D eigenvalue weighted by atomic mass is 10.2. The van der Waals surface area contributed by atoms with Crippen LogP contribution in [0.3, 0.4) is 0 Å². The number of hydrogen-bond acceptors (Lipinski definition) is 4. The number of carbonyl (C=O) groups is 2. The summed E-state index contributed by atoms with van der Waals surface area (Å²) in [5.74, 6) is -1.65. The molecule has 0 unspecified atom stereocenters. The summed E-state index contributed by atoms with van der Waals surface area (Å²) in [6.07, 6.45) is 0. The fourth-order valence-corrected chi connectivity index (χ4v) is 1.68. The summed E-state index contributed by atoms with van der Waals surface area (Å²) >= 11 is 0. The van der Waals surface area contributed by atoms with Crippen LogP contribution in [-0.2, 0) is 0 Å². The Morgan fingerprint density at radius 3 is 2.50 bits per heavy atom. The minimum Gasteiger partial charge on any atom is -0.507 e. The molecule has 0 heterocycles. The highest BCUT2D eigenvalue weighted by Crippen LogP contribution is 2.21. The van der Waals surface area contributed by atoms with Gasteiger partial charge in [-0.3, -0.25) is 0 Å². The van der Waals surface area contributed by atoms with Crippen molar-refractivity contribution >= 4 is 17.7 Å². The number of aromatic carboxylic acids is 1. The van der Waals surface area contributed by atoms with E-state index in [9.17, 15) is 14.7 Å². The summed E-state index contributed by atoms with van der Waals surface area (Å²) in [6, 6.07) is 3.21. The Hall–Kier alpha value is -2.28. The molecule has 110 valence electrons. The molecule has 0 aliphatic carbocycles. The molecular formula is C13H18N2O5. The van der Waals surface area contributed by atoms with Gasteiger partial charge in [0.1, 0.15) is 11.3 Å². The van der Waals surface area contributed by atoms with Crippen LogP contribution < -0.4 is 5.32 Å². The molecule has 0 fully saturated rings. The summed E-state index contributed by atoms with van der Waals surface area (Å²) in [5, 5.41) is 29.7. The van der Waals surface area contributed by atoms with Crippen LogP contribution >= 0.6 is 0 Å². The lowest BCUT2D eigenvalue weighted by Crippen LogP contribution is -2.41. The molecule has 1 rings (SSSR count). The van der Waals surface area contributed by atoms with Crippen molar-refractivity contribution in [2.45, 2.75) is 19.9 Å². The number of nitrogens with one attached hydrogen (secondary N) is 1. The van der Waals surface area contributed by atoms with Gasteiger partial charge in [-0.05, 0) is 32.0 Å². The van der Waals surface area contributed by atoms with Crippen molar-refractivity contribution in [2.24, 2.45) is 0 Å². The van der Waals surface area contributed by atoms with Crippen LogP contribution in [0.1, 0.15) is 24.2 Å². The fraction of sp³-hybridized carbons (Fsp3) is 0.385. The van der Waals surface area contributed by atoms with Crippen molar-refractivity contribution in [1.82, 2.24) is 4.90 Å². The van der Waals surface area contributed by atoms with Gasteiger partial charge in [-0.15, -0.1) is 0 Å². The molecule has 1 aromatic rings. The molecule has 7 nitrogen and oxygen atoms in total. The summed E-state index contributed by atoms with van der Waals surface area (Å²) in [4.78, 5) is 24.3. The third-order valence-corrected chi connectivity index (χ3v) is 2.70. The monoisotopic (exact) mass is 282 g/mol. The van der Waals surface area contributed by atoms with Gasteiger partial charge in [-0.25, -0.2) is 9.59 Å². The van der Waals surface area contributed by atoms with E-state index in [2.05, 4.69) is 5.32 Å². The second kappa shape index (κ2) is 6.76. The maximum atomic E-state index is 12.0. The topological polar surface area (TPSA) is 110 Å². The van der Waals surface area contributed by atoms with E-state index in [1.807, 2.05) is 0 Å². The Balaban J connectivity index is 2.89. The number of rotatable bonds is 5. The van der Waals surface area contributed by atoms with E-state index in [0.717, 1.165) is 0 Å². The Labute approximate surface area is 116 Å². The molecule has 0 saturated heterocycles. The molecule has 0 saturated carbocycles. The summed E-state index contributed by atoms with van der Waals surface area (Å²) in [6.45, 7) is 3.61. The van der Waals surface area contributed by atoms with Gasteiger partial charge >= 0.3 is 12.0 Å². The highest BCUT2D eigenvalue weighted by molar-refractivity contribution is 5.95. The molecule has 0 atom stereocenters. The van der Waals surface area contributed by atoms with E-state index in [1.165, 1.54) is 23.1 Å². The average molecular weight is 282 g/mol. The number of benzene rings is 1. The van der Waals surface area contributed by atoms with E-state index in [0.29, 0.717) is 0 Å². The summed E-state index contributed by atoms with van der Waals surface area (Å²) in [5.41, 5.74) is -0.0326. The highest BCUT2D eigenvalue weighted by Gasteiger charge is 2.17. The first-order valence-corrected chi connectivity index (χ1v) is 6.11. The van der Waals surface area contributed by atoms with Gasteiger partial charge < -0.3 is 25.5 Å². The zero-order valence-corrected chi connectivity index (χ0v) is 11.3. The number of carbonyl (C=O) groups excluding carboxylic acids is 1. The molecule has 20 heavy (non-hydrogen) atoms. The first-order valence-electron chi connectivity index (χ1n) is 6.11. The van der Waals surface area contributed by atoms with Crippen molar-refractivity contribution in [3.8, 4) is 5.75 Å². The molecule has 4 N–H and O–H groups in total. The number of nitrogens with zero attached hydrogens (tertiary/aromatic N) is 1. The third kappa shape index (κ3) is 3.86. The van der Waals surface area contributed by atoms with Crippen LogP contribution in [-0.4, -0.2) is 51.4 Å². The molecule has 0 bridgehead atoms. The van der Waals surface area contributed by atoms with Gasteiger partial charge in [0.25, 0.3) is 0 Å². The van der Waals surface area contributed by atoms with Gasteiger partial charge in [0.05, 0.1) is 6.61 Å². The number of carboxylic acid groups (broad SMARTS) is 1. The lowest BCUT2D eigenvalue weighted by Gasteiger charge is -2.26. The van der Waals surface area contributed by atoms with Crippen LogP contribution in [0.5, 0.6) is 5.75 Å². The molecule has 0 radical (unpaired) electrons. The number of carboxylic acids is 1. The Morgan fingerprint density at radius 2 is 2.00 bits per heavy atom. The van der Waals surface area contributed by atoms with Crippen LogP contribution in [0.15, 0.2) is 18.2 Å². The van der Waals surface area contributed by atoms with Gasteiger partial charge in [-0.2, -0.15) is 0 Å². The zero-order chi connectivity index (χ0) is 15.3. The Morgan fingerprint density at radius 1 is 1.35 bits per heavy atom. The van der Waals surface area contributed by atoms with Gasteiger partial charge in [0.2, 0.25) is 0 Å². The predicted octanol–water partition coefficient (Wildman–Crippen LogP) is 1.33. The lowest BCUT2D eigenvalue weighted by molar-refractivity contribution is 0.0693. The fourth-order valence-electron chi connectivity index (χ4n) is 1.68. The van der Waals surface area contributed by atoms with E-state index in [1.54, 1.807) is 13.8 Å². The van der Waals surface area contributed by atoms with E-state index < -0.39 is 12.0 Å². The van der Waals surface area contributed by atoms with Gasteiger partial charge in [-0.1, -0.05) is 0 Å². The van der Waals surface area contributed by atoms with E-state index >= 15 is 0 Å². The number of aromatic hydroxyl groups is 1. The van der Waals surface area contributed by atoms with Crippen molar-refractivity contribution in [3.63, 3.8) is 0 Å². The molecule has 0 aliphatic rings. The maximum Gasteiger partial charge on any atom is 0.339 e. The summed E-state index contributed by atoms with van der Waals surface area (Å²) in [7, 11) is 0. The molecule has 7 heteroatoms. The van der Waals surface area contributed by atoms with Crippen molar-refractivity contribution in [2.75, 3.05) is 18.5 Å². The van der Waals surface area contributed by atoms with E-state index in [-0.39, 0.29) is 36.2 Å². The second-order valence-corrected chi connectivity index (χ2v) is 4.48. The molecule has 0 spiro atoms. The predicted molar refractivity (Wildman–Crippen MR) is 73.0 cm³/mol. The Kier molecular flexibility index (Phi) is 5.33. The minimum absolute atomic E-state index is 0.113. The second-order valence-electron chi connectivity index (χ2n) is 4.48. The van der Waals surface area contributed by atoms with Crippen LogP contribution in [0.25, 0.3) is 0 Å². The number of hydrogen-bond donors (Lipinski definition) is 4. The smallest absolute Gasteiger partial charge is 0.339 e. The zero-order valence-electron chi connectivity index (χ0n) is 11.3. The number of phenols is 1. The Bertz CT molecular complexity index is 502.